The van der Waals surface area contributed by atoms with E-state index in [2.05, 4.69) is 0 Å². The van der Waals surface area contributed by atoms with Crippen LogP contribution in [0.25, 0.3) is 0 Å². The van der Waals surface area contributed by atoms with Gasteiger partial charge in [-0.15, -0.1) is 0 Å². The molecule has 1 aromatic carbocycles. The van der Waals surface area contributed by atoms with Crippen molar-refractivity contribution in [2.24, 2.45) is 5.92 Å². The second-order valence-corrected chi connectivity index (χ2v) is 4.90. The highest BCUT2D eigenvalue weighted by atomic mass is 19.4. The zero-order valence-electron chi connectivity index (χ0n) is 10.9. The Hall–Kier alpha value is -2.30. The summed E-state index contributed by atoms with van der Waals surface area (Å²) in [5.41, 5.74) is 0.0868. The lowest BCUT2D eigenvalue weighted by atomic mass is 9.96. The molecule has 5 nitrogen and oxygen atoms in total. The van der Waals surface area contributed by atoms with Gasteiger partial charge in [-0.1, -0.05) is 0 Å². The van der Waals surface area contributed by atoms with E-state index in [1.54, 1.807) is 0 Å². The lowest BCUT2D eigenvalue weighted by Crippen LogP contribution is -2.42. The van der Waals surface area contributed by atoms with Crippen molar-refractivity contribution in [1.29, 1.82) is 5.26 Å². The molecule has 0 radical (unpaired) electrons. The van der Waals surface area contributed by atoms with Crippen molar-refractivity contribution in [1.82, 2.24) is 0 Å². The number of nitriles is 1. The average molecular weight is 299 g/mol. The lowest BCUT2D eigenvalue weighted by molar-refractivity contribution is -0.384. The highest BCUT2D eigenvalue weighted by Crippen LogP contribution is 2.36. The molecule has 1 saturated heterocycles. The van der Waals surface area contributed by atoms with Crippen molar-refractivity contribution in [3.63, 3.8) is 0 Å². The summed E-state index contributed by atoms with van der Waals surface area (Å²) >= 11 is 0. The maximum atomic E-state index is 12.8. The third kappa shape index (κ3) is 3.24. The maximum absolute atomic E-state index is 12.8. The highest BCUT2D eigenvalue weighted by Gasteiger charge is 2.42. The number of halogens is 3. The van der Waals surface area contributed by atoms with E-state index < -0.39 is 17.0 Å². The molecule has 1 fully saturated rings. The molecule has 112 valence electrons. The fourth-order valence-corrected chi connectivity index (χ4v) is 2.47. The normalized spacial score (nSPS) is 19.1. The molecule has 0 N–H and O–H groups in total. The number of rotatable bonds is 2. The number of anilines is 1. The van der Waals surface area contributed by atoms with Gasteiger partial charge in [-0.05, 0) is 18.9 Å². The van der Waals surface area contributed by atoms with Crippen molar-refractivity contribution in [3.8, 4) is 6.07 Å². The van der Waals surface area contributed by atoms with Crippen LogP contribution in [0.2, 0.25) is 0 Å². The fraction of sp³-hybridized carbons (Fsp3) is 0.462. The quantitative estimate of drug-likeness (QED) is 0.621. The van der Waals surface area contributed by atoms with E-state index in [0.717, 1.165) is 6.07 Å². The number of benzene rings is 1. The summed E-state index contributed by atoms with van der Waals surface area (Å²) in [5.74, 6) is -1.44. The molecule has 2 rings (SSSR count). The first-order chi connectivity index (χ1) is 9.82. The molecule has 0 unspecified atom stereocenters. The molecule has 1 aromatic rings. The number of hydrogen-bond acceptors (Lipinski definition) is 4. The van der Waals surface area contributed by atoms with Gasteiger partial charge in [0.2, 0.25) is 0 Å². The van der Waals surface area contributed by atoms with Crippen LogP contribution < -0.4 is 4.90 Å². The smallest absolute Gasteiger partial charge is 0.370 e. The van der Waals surface area contributed by atoms with Gasteiger partial charge in [0.15, 0.2) is 0 Å². The minimum atomic E-state index is -4.27. The van der Waals surface area contributed by atoms with E-state index in [1.165, 1.54) is 17.0 Å². The van der Waals surface area contributed by atoms with Crippen LogP contribution in [0.3, 0.4) is 0 Å². The SMILES string of the molecule is N#Cc1cc([N+](=O)[O-])ccc1N1CCC[C@H](C(F)(F)F)C1. The maximum Gasteiger partial charge on any atom is 0.393 e. The van der Waals surface area contributed by atoms with Gasteiger partial charge in [0, 0.05) is 25.2 Å². The van der Waals surface area contributed by atoms with E-state index in [4.69, 9.17) is 5.26 Å². The number of nitrogens with zero attached hydrogens (tertiary/aromatic N) is 3. The van der Waals surface area contributed by atoms with Crippen molar-refractivity contribution < 1.29 is 18.1 Å². The largest absolute Gasteiger partial charge is 0.393 e. The first-order valence-corrected chi connectivity index (χ1v) is 6.33. The number of piperidine rings is 1. The van der Waals surface area contributed by atoms with Gasteiger partial charge in [0.1, 0.15) is 6.07 Å². The van der Waals surface area contributed by atoms with Crippen LogP contribution in [0, 0.1) is 27.4 Å². The molecule has 21 heavy (non-hydrogen) atoms. The van der Waals surface area contributed by atoms with Crippen LogP contribution in [-0.4, -0.2) is 24.2 Å². The van der Waals surface area contributed by atoms with E-state index in [-0.39, 0.29) is 24.2 Å². The summed E-state index contributed by atoms with van der Waals surface area (Å²) < 4.78 is 38.4. The summed E-state index contributed by atoms with van der Waals surface area (Å²) in [6.45, 7) is 0.176. The standard InChI is InChI=1S/C13H12F3N3O2/c14-13(15,16)10-2-1-5-18(8-10)12-4-3-11(19(20)21)6-9(12)7-17/h3-4,6,10H,1-2,5,8H2/t10-/m0/s1. The molecule has 1 atom stereocenters. The second-order valence-electron chi connectivity index (χ2n) is 4.90. The van der Waals surface area contributed by atoms with E-state index in [1.807, 2.05) is 6.07 Å². The fourth-order valence-electron chi connectivity index (χ4n) is 2.47. The van der Waals surface area contributed by atoms with Crippen LogP contribution in [0.4, 0.5) is 24.5 Å². The Morgan fingerprint density at radius 3 is 2.71 bits per heavy atom. The topological polar surface area (TPSA) is 70.2 Å². The predicted octanol–water partition coefficient (Wildman–Crippen LogP) is 3.25. The van der Waals surface area contributed by atoms with Gasteiger partial charge in [0.05, 0.1) is 22.1 Å². The Morgan fingerprint density at radius 1 is 1.43 bits per heavy atom. The molecule has 0 amide bonds. The Labute approximate surface area is 118 Å². The van der Waals surface area contributed by atoms with Gasteiger partial charge >= 0.3 is 6.18 Å². The summed E-state index contributed by atoms with van der Waals surface area (Å²) in [5, 5.41) is 19.7. The van der Waals surface area contributed by atoms with Gasteiger partial charge in [-0.2, -0.15) is 18.4 Å². The summed E-state index contributed by atoms with van der Waals surface area (Å²) in [6, 6.07) is 5.45. The van der Waals surface area contributed by atoms with E-state index in [0.29, 0.717) is 18.7 Å². The van der Waals surface area contributed by atoms with Crippen LogP contribution in [0.15, 0.2) is 18.2 Å². The third-order valence-electron chi connectivity index (χ3n) is 3.54. The van der Waals surface area contributed by atoms with E-state index in [9.17, 15) is 23.3 Å². The number of non-ortho nitro benzene ring substituents is 1. The van der Waals surface area contributed by atoms with Crippen LogP contribution in [-0.2, 0) is 0 Å². The molecule has 0 saturated carbocycles. The second kappa shape index (κ2) is 5.60. The molecule has 0 bridgehead atoms. The first-order valence-electron chi connectivity index (χ1n) is 6.33. The van der Waals surface area contributed by atoms with Crippen LogP contribution in [0.5, 0.6) is 0 Å². The molecule has 0 aromatic heterocycles. The van der Waals surface area contributed by atoms with Crippen LogP contribution >= 0.6 is 0 Å². The molecular formula is C13H12F3N3O2. The number of nitro benzene ring substituents is 1. The molecule has 1 aliphatic rings. The predicted molar refractivity (Wildman–Crippen MR) is 68.8 cm³/mol. The Morgan fingerprint density at radius 2 is 2.14 bits per heavy atom. The first kappa shape index (κ1) is 15.1. The summed E-state index contributed by atoms with van der Waals surface area (Å²) in [7, 11) is 0. The van der Waals surface area contributed by atoms with Gasteiger partial charge in [-0.25, -0.2) is 0 Å². The van der Waals surface area contributed by atoms with Crippen LogP contribution in [0.1, 0.15) is 18.4 Å². The molecule has 8 heteroatoms. The van der Waals surface area contributed by atoms with Crippen molar-refractivity contribution in [3.05, 3.63) is 33.9 Å². The van der Waals surface area contributed by atoms with Gasteiger partial charge in [-0.3, -0.25) is 10.1 Å². The number of alkyl halides is 3. The molecule has 1 aliphatic heterocycles. The monoisotopic (exact) mass is 299 g/mol. The molecule has 0 aliphatic carbocycles. The van der Waals surface area contributed by atoms with Crippen molar-refractivity contribution in [2.45, 2.75) is 19.0 Å². The molecular weight excluding hydrogens is 287 g/mol. The number of nitro groups is 1. The van der Waals surface area contributed by atoms with E-state index >= 15 is 0 Å². The highest BCUT2D eigenvalue weighted by molar-refractivity contribution is 5.63. The number of hydrogen-bond donors (Lipinski definition) is 0. The lowest BCUT2D eigenvalue weighted by Gasteiger charge is -2.35. The minimum Gasteiger partial charge on any atom is -0.370 e. The van der Waals surface area contributed by atoms with Crippen molar-refractivity contribution in [2.75, 3.05) is 18.0 Å². The zero-order chi connectivity index (χ0) is 15.6. The van der Waals surface area contributed by atoms with Gasteiger partial charge < -0.3 is 4.90 Å². The summed E-state index contributed by atoms with van der Waals surface area (Å²) in [4.78, 5) is 11.5. The zero-order valence-corrected chi connectivity index (χ0v) is 10.9. The Bertz CT molecular complexity index is 595. The van der Waals surface area contributed by atoms with Crippen molar-refractivity contribution >= 4 is 11.4 Å². The molecule has 1 heterocycles. The minimum absolute atomic E-state index is 0.0204. The van der Waals surface area contributed by atoms with Gasteiger partial charge in [0.25, 0.3) is 5.69 Å². The average Bonchev–Trinajstić information content (AvgIpc) is 2.45. The Kier molecular flexibility index (Phi) is 4.02. The Balaban J connectivity index is 2.29. The third-order valence-corrected chi connectivity index (χ3v) is 3.54. The molecule has 0 spiro atoms. The summed E-state index contributed by atoms with van der Waals surface area (Å²) in [6.07, 6.45) is -3.84.